The number of pyridine rings is 1. The summed E-state index contributed by atoms with van der Waals surface area (Å²) in [7, 11) is 0. The number of aromatic nitrogens is 1. The first-order valence-corrected chi connectivity index (χ1v) is 4.24. The molecule has 2 N–H and O–H groups in total. The zero-order valence-corrected chi connectivity index (χ0v) is 8.56. The van der Waals surface area contributed by atoms with Gasteiger partial charge in [-0.1, -0.05) is 0 Å². The summed E-state index contributed by atoms with van der Waals surface area (Å²) in [6.07, 6.45) is -4.06. The van der Waals surface area contributed by atoms with Gasteiger partial charge in [-0.2, -0.15) is 5.26 Å². The van der Waals surface area contributed by atoms with Crippen molar-refractivity contribution in [2.75, 3.05) is 5.73 Å². The van der Waals surface area contributed by atoms with Crippen molar-refractivity contribution < 1.29 is 17.9 Å². The summed E-state index contributed by atoms with van der Waals surface area (Å²) >= 11 is 2.78. The van der Waals surface area contributed by atoms with E-state index in [2.05, 4.69) is 25.7 Å². The number of anilines is 1. The van der Waals surface area contributed by atoms with E-state index in [9.17, 15) is 13.2 Å². The van der Waals surface area contributed by atoms with Gasteiger partial charge in [0.25, 0.3) is 0 Å². The van der Waals surface area contributed by atoms with Gasteiger partial charge in [0, 0.05) is 0 Å². The normalized spacial score (nSPS) is 10.9. The molecule has 0 aromatic carbocycles. The molecule has 0 aliphatic rings. The van der Waals surface area contributed by atoms with Crippen molar-refractivity contribution in [1.82, 2.24) is 4.98 Å². The molecule has 8 heteroatoms. The summed E-state index contributed by atoms with van der Waals surface area (Å²) in [5.74, 6) is -0.584. The number of hydrogen-bond donors (Lipinski definition) is 1. The van der Waals surface area contributed by atoms with Crippen LogP contribution in [0.3, 0.4) is 0 Å². The molecule has 1 heterocycles. The van der Waals surface area contributed by atoms with Gasteiger partial charge < -0.3 is 10.5 Å². The number of nitriles is 1. The Morgan fingerprint density at radius 1 is 1.53 bits per heavy atom. The lowest BCUT2D eigenvalue weighted by molar-refractivity contribution is -0.275. The minimum atomic E-state index is -4.83. The molecule has 1 aromatic heterocycles. The average molecular weight is 282 g/mol. The molecule has 0 fully saturated rings. The van der Waals surface area contributed by atoms with Crippen LogP contribution in [0.4, 0.5) is 18.9 Å². The Kier molecular flexibility index (Phi) is 3.04. The smallest absolute Gasteiger partial charge is 0.403 e. The van der Waals surface area contributed by atoms with E-state index in [4.69, 9.17) is 11.0 Å². The first kappa shape index (κ1) is 11.6. The van der Waals surface area contributed by atoms with E-state index in [-0.39, 0.29) is 15.9 Å². The Morgan fingerprint density at radius 3 is 2.60 bits per heavy atom. The third kappa shape index (κ3) is 2.73. The first-order chi connectivity index (χ1) is 6.85. The maximum atomic E-state index is 11.9. The highest BCUT2D eigenvalue weighted by atomic mass is 79.9. The predicted octanol–water partition coefficient (Wildman–Crippen LogP) is 2.20. The van der Waals surface area contributed by atoms with Crippen LogP contribution >= 0.6 is 15.9 Å². The Hall–Kier alpha value is -1.49. The number of alkyl halides is 3. The second-order valence-corrected chi connectivity index (χ2v) is 3.15. The molecule has 0 atom stereocenters. The molecule has 1 aromatic rings. The number of halogens is 4. The molecule has 15 heavy (non-hydrogen) atoms. The Balaban J connectivity index is 3.14. The second-order valence-electron chi connectivity index (χ2n) is 2.36. The fourth-order valence-corrected chi connectivity index (χ4v) is 1.14. The Labute approximate surface area is 90.6 Å². The lowest BCUT2D eigenvalue weighted by atomic mass is 10.3. The topological polar surface area (TPSA) is 71.9 Å². The van der Waals surface area contributed by atoms with Gasteiger partial charge in [0.15, 0.2) is 11.4 Å². The van der Waals surface area contributed by atoms with Gasteiger partial charge in [-0.25, -0.2) is 4.98 Å². The highest BCUT2D eigenvalue weighted by Gasteiger charge is 2.32. The lowest BCUT2D eigenvalue weighted by Crippen LogP contribution is -2.18. The summed E-state index contributed by atoms with van der Waals surface area (Å²) < 4.78 is 39.0. The molecule has 0 saturated heterocycles. The van der Waals surface area contributed by atoms with E-state index in [1.807, 2.05) is 0 Å². The zero-order valence-electron chi connectivity index (χ0n) is 6.97. The minimum Gasteiger partial charge on any atom is -0.403 e. The summed E-state index contributed by atoms with van der Waals surface area (Å²) in [6, 6.07) is 1.62. The van der Waals surface area contributed by atoms with Gasteiger partial charge in [-0.3, -0.25) is 0 Å². The summed E-state index contributed by atoms with van der Waals surface area (Å²) in [6.45, 7) is 0. The second kappa shape index (κ2) is 3.94. The molecule has 0 radical (unpaired) electrons. The van der Waals surface area contributed by atoms with Gasteiger partial charge in [-0.05, 0) is 15.9 Å². The molecule has 80 valence electrons. The number of nitrogens with zero attached hydrogens (tertiary/aromatic N) is 2. The fraction of sp³-hybridized carbons (Fsp3) is 0.143. The quantitative estimate of drug-likeness (QED) is 0.857. The average Bonchev–Trinajstić information content (AvgIpc) is 2.11. The molecule has 0 saturated carbocycles. The van der Waals surface area contributed by atoms with Gasteiger partial charge >= 0.3 is 6.36 Å². The van der Waals surface area contributed by atoms with E-state index >= 15 is 0 Å². The molecule has 0 spiro atoms. The third-order valence-corrected chi connectivity index (χ3v) is 2.17. The highest BCUT2D eigenvalue weighted by Crippen LogP contribution is 2.34. The molecule has 4 nitrogen and oxygen atoms in total. The molecular weight excluding hydrogens is 279 g/mol. The van der Waals surface area contributed by atoms with Gasteiger partial charge in [0.1, 0.15) is 6.07 Å². The van der Waals surface area contributed by atoms with E-state index in [0.29, 0.717) is 0 Å². The SMILES string of the molecule is N#Cc1ncc(OC(F)(F)F)c(Br)c1N. The van der Waals surface area contributed by atoms with Crippen LogP contribution in [0.15, 0.2) is 10.7 Å². The van der Waals surface area contributed by atoms with E-state index in [0.717, 1.165) is 6.20 Å². The third-order valence-electron chi connectivity index (χ3n) is 1.35. The van der Waals surface area contributed by atoms with Crippen LogP contribution < -0.4 is 10.5 Å². The van der Waals surface area contributed by atoms with Crippen molar-refractivity contribution in [3.05, 3.63) is 16.4 Å². The number of nitrogens with two attached hydrogens (primary N) is 1. The van der Waals surface area contributed by atoms with Gasteiger partial charge in [-0.15, -0.1) is 13.2 Å². The molecule has 0 unspecified atom stereocenters. The largest absolute Gasteiger partial charge is 0.573 e. The maximum absolute atomic E-state index is 11.9. The standard InChI is InChI=1S/C7H3BrF3N3O/c8-5-4(15-7(9,10)11)2-14-3(1-12)6(5)13/h2H,13H2. The van der Waals surface area contributed by atoms with Crippen molar-refractivity contribution in [2.45, 2.75) is 6.36 Å². The van der Waals surface area contributed by atoms with Crippen LogP contribution in [-0.2, 0) is 0 Å². The van der Waals surface area contributed by atoms with Crippen LogP contribution in [0.2, 0.25) is 0 Å². The fourth-order valence-electron chi connectivity index (χ4n) is 0.771. The Bertz CT molecular complexity index is 427. The van der Waals surface area contributed by atoms with Crippen LogP contribution in [-0.4, -0.2) is 11.3 Å². The van der Waals surface area contributed by atoms with Gasteiger partial charge in [0.05, 0.1) is 16.4 Å². The van der Waals surface area contributed by atoms with Crippen molar-refractivity contribution in [3.63, 3.8) is 0 Å². The van der Waals surface area contributed by atoms with Crippen molar-refractivity contribution in [2.24, 2.45) is 0 Å². The van der Waals surface area contributed by atoms with Crippen molar-refractivity contribution in [3.8, 4) is 11.8 Å². The minimum absolute atomic E-state index is 0.147. The molecule has 0 aliphatic heterocycles. The molecule has 0 amide bonds. The Morgan fingerprint density at radius 2 is 2.13 bits per heavy atom. The predicted molar refractivity (Wildman–Crippen MR) is 47.7 cm³/mol. The zero-order chi connectivity index (χ0) is 11.6. The van der Waals surface area contributed by atoms with Crippen molar-refractivity contribution >= 4 is 21.6 Å². The monoisotopic (exact) mass is 281 g/mol. The maximum Gasteiger partial charge on any atom is 0.573 e. The molecular formula is C7H3BrF3N3O. The molecule has 0 bridgehead atoms. The first-order valence-electron chi connectivity index (χ1n) is 3.45. The highest BCUT2D eigenvalue weighted by molar-refractivity contribution is 9.10. The number of ether oxygens (including phenoxy) is 1. The van der Waals surface area contributed by atoms with Crippen LogP contribution in [0.1, 0.15) is 5.69 Å². The molecule has 1 rings (SSSR count). The van der Waals surface area contributed by atoms with E-state index < -0.39 is 12.1 Å². The van der Waals surface area contributed by atoms with Crippen LogP contribution in [0.25, 0.3) is 0 Å². The molecule has 0 aliphatic carbocycles. The number of hydrogen-bond acceptors (Lipinski definition) is 4. The summed E-state index contributed by atoms with van der Waals surface area (Å²) in [5, 5.41) is 8.49. The summed E-state index contributed by atoms with van der Waals surface area (Å²) in [4.78, 5) is 3.40. The van der Waals surface area contributed by atoms with E-state index in [1.165, 1.54) is 0 Å². The summed E-state index contributed by atoms with van der Waals surface area (Å²) in [5.41, 5.74) is 4.97. The van der Waals surface area contributed by atoms with E-state index in [1.54, 1.807) is 6.07 Å². The van der Waals surface area contributed by atoms with Crippen molar-refractivity contribution in [1.29, 1.82) is 5.26 Å². The van der Waals surface area contributed by atoms with Crippen LogP contribution in [0, 0.1) is 11.3 Å². The van der Waals surface area contributed by atoms with Gasteiger partial charge in [0.2, 0.25) is 0 Å². The number of rotatable bonds is 1. The number of nitrogen functional groups attached to an aromatic ring is 1. The lowest BCUT2D eigenvalue weighted by Gasteiger charge is -2.11. The van der Waals surface area contributed by atoms with Crippen LogP contribution in [0.5, 0.6) is 5.75 Å².